The highest BCUT2D eigenvalue weighted by atomic mass is 16.2. The molecule has 2 aromatic carbocycles. The van der Waals surface area contributed by atoms with E-state index >= 15 is 0 Å². The first-order chi connectivity index (χ1) is 13.2. The minimum absolute atomic E-state index is 0.00532. The molecule has 1 N–H and O–H groups in total. The van der Waals surface area contributed by atoms with E-state index in [2.05, 4.69) is 10.4 Å². The van der Waals surface area contributed by atoms with Crippen LogP contribution in [0, 0.1) is 17.8 Å². The van der Waals surface area contributed by atoms with Gasteiger partial charge in [-0.1, -0.05) is 48.9 Å². The van der Waals surface area contributed by atoms with E-state index in [4.69, 9.17) is 0 Å². The fraction of sp³-hybridized carbons (Fsp3) is 0.318. The summed E-state index contributed by atoms with van der Waals surface area (Å²) in [7, 11) is 0. The number of amides is 1. The van der Waals surface area contributed by atoms with Crippen LogP contribution in [0.5, 0.6) is 0 Å². The fourth-order valence-corrected chi connectivity index (χ4v) is 4.78. The third kappa shape index (κ3) is 2.74. The first-order valence-electron chi connectivity index (χ1n) is 9.59. The summed E-state index contributed by atoms with van der Waals surface area (Å²) in [5.41, 5.74) is 4.09. The molecule has 2 bridgehead atoms. The summed E-state index contributed by atoms with van der Waals surface area (Å²) in [6.45, 7) is 0. The molecule has 0 radical (unpaired) electrons. The number of fused-ring (bicyclic) bond motifs is 3. The fourth-order valence-electron chi connectivity index (χ4n) is 4.78. The largest absolute Gasteiger partial charge is 0.280 e. The monoisotopic (exact) mass is 359 g/mol. The number of nitrogens with one attached hydrogen (secondary N) is 1. The van der Waals surface area contributed by atoms with E-state index in [9.17, 15) is 9.59 Å². The number of carbonyl (C=O) groups is 1. The molecule has 5 rings (SSSR count). The van der Waals surface area contributed by atoms with Crippen molar-refractivity contribution in [3.05, 3.63) is 65.0 Å². The second kappa shape index (κ2) is 6.34. The molecule has 1 aromatic heterocycles. The van der Waals surface area contributed by atoms with E-state index in [-0.39, 0.29) is 17.4 Å². The molecule has 2 aliphatic rings. The molecule has 5 heteroatoms. The van der Waals surface area contributed by atoms with E-state index in [1.165, 1.54) is 11.1 Å². The lowest BCUT2D eigenvalue weighted by molar-refractivity contribution is -0.122. The highest BCUT2D eigenvalue weighted by Crippen LogP contribution is 2.48. The summed E-state index contributed by atoms with van der Waals surface area (Å²) in [5, 5.41) is 0.505. The lowest BCUT2D eigenvalue weighted by atomic mass is 9.88. The Kier molecular flexibility index (Phi) is 3.81. The predicted molar refractivity (Wildman–Crippen MR) is 105 cm³/mol. The number of carbonyl (C=O) groups excluding carboxylic acids is 1. The first kappa shape index (κ1) is 16.2. The minimum Gasteiger partial charge on any atom is -0.273 e. The Morgan fingerprint density at radius 3 is 2.52 bits per heavy atom. The minimum atomic E-state index is -0.240. The van der Waals surface area contributed by atoms with Crippen molar-refractivity contribution >= 4 is 16.8 Å². The zero-order valence-electron chi connectivity index (χ0n) is 15.0. The zero-order chi connectivity index (χ0) is 18.4. The van der Waals surface area contributed by atoms with E-state index in [0.717, 1.165) is 24.8 Å². The Bertz CT molecular complexity index is 1070. The third-order valence-electron chi connectivity index (χ3n) is 6.10. The molecular formula is C22H21N3O2. The van der Waals surface area contributed by atoms with Gasteiger partial charge in [-0.2, -0.15) is 4.68 Å². The Morgan fingerprint density at radius 1 is 1.00 bits per heavy atom. The predicted octanol–water partition coefficient (Wildman–Crippen LogP) is 3.57. The van der Waals surface area contributed by atoms with Crippen molar-refractivity contribution in [3.8, 4) is 11.4 Å². The smallest absolute Gasteiger partial charge is 0.273 e. The number of hydrogen-bond donors (Lipinski definition) is 1. The summed E-state index contributed by atoms with van der Waals surface area (Å²) in [4.78, 5) is 30.8. The van der Waals surface area contributed by atoms with Gasteiger partial charge in [0.1, 0.15) is 0 Å². The molecule has 0 spiro atoms. The van der Waals surface area contributed by atoms with Crippen molar-refractivity contribution in [2.24, 2.45) is 17.8 Å². The molecule has 1 amide bonds. The summed E-state index contributed by atoms with van der Waals surface area (Å²) < 4.78 is 1.34. The molecule has 3 atom stereocenters. The van der Waals surface area contributed by atoms with Crippen LogP contribution in [0.3, 0.4) is 0 Å². The van der Waals surface area contributed by atoms with Crippen LogP contribution in [0.1, 0.15) is 25.7 Å². The summed E-state index contributed by atoms with van der Waals surface area (Å²) >= 11 is 0. The van der Waals surface area contributed by atoms with Gasteiger partial charge in [-0.05, 0) is 43.2 Å². The van der Waals surface area contributed by atoms with Crippen LogP contribution in [-0.2, 0) is 4.79 Å². The zero-order valence-corrected chi connectivity index (χ0v) is 15.0. The van der Waals surface area contributed by atoms with Gasteiger partial charge in [-0.3, -0.25) is 15.0 Å². The third-order valence-corrected chi connectivity index (χ3v) is 6.10. The number of para-hydroxylation sites is 1. The van der Waals surface area contributed by atoms with Crippen molar-refractivity contribution in [3.63, 3.8) is 0 Å². The van der Waals surface area contributed by atoms with E-state index in [1.807, 2.05) is 48.5 Å². The number of nitrogens with zero attached hydrogens (tertiary/aromatic N) is 2. The average Bonchev–Trinajstić information content (AvgIpc) is 3.34. The maximum absolute atomic E-state index is 13.1. The molecular weight excluding hydrogens is 338 g/mol. The molecule has 2 fully saturated rings. The number of benzene rings is 2. The van der Waals surface area contributed by atoms with E-state index in [0.29, 0.717) is 28.6 Å². The second-order valence-corrected chi connectivity index (χ2v) is 7.72. The quantitative estimate of drug-likeness (QED) is 0.777. The lowest BCUT2D eigenvalue weighted by Gasteiger charge is -2.22. The van der Waals surface area contributed by atoms with Gasteiger partial charge < -0.3 is 0 Å². The number of aromatic nitrogens is 2. The molecule has 0 saturated heterocycles. The van der Waals surface area contributed by atoms with Crippen molar-refractivity contribution in [1.82, 2.24) is 9.66 Å². The van der Waals surface area contributed by atoms with Crippen LogP contribution in [0.2, 0.25) is 0 Å². The summed E-state index contributed by atoms with van der Waals surface area (Å²) in [6, 6.07) is 16.8. The number of rotatable bonds is 3. The van der Waals surface area contributed by atoms with Crippen molar-refractivity contribution < 1.29 is 4.79 Å². The molecule has 1 heterocycles. The van der Waals surface area contributed by atoms with E-state index in [1.54, 1.807) is 6.07 Å². The van der Waals surface area contributed by atoms with Gasteiger partial charge in [-0.15, -0.1) is 0 Å². The maximum Gasteiger partial charge on any atom is 0.280 e. The van der Waals surface area contributed by atoms with Gasteiger partial charge in [0.25, 0.3) is 5.56 Å². The average molecular weight is 359 g/mol. The van der Waals surface area contributed by atoms with Crippen LogP contribution >= 0.6 is 0 Å². The molecule has 0 aliphatic heterocycles. The van der Waals surface area contributed by atoms with Crippen molar-refractivity contribution in [2.75, 3.05) is 5.43 Å². The van der Waals surface area contributed by atoms with Gasteiger partial charge in [0.2, 0.25) is 5.91 Å². The maximum atomic E-state index is 13.1. The lowest BCUT2D eigenvalue weighted by Crippen LogP contribution is -2.39. The van der Waals surface area contributed by atoms with Gasteiger partial charge >= 0.3 is 0 Å². The first-order valence-corrected chi connectivity index (χ1v) is 9.59. The highest BCUT2D eigenvalue weighted by molar-refractivity contribution is 5.88. The van der Waals surface area contributed by atoms with Crippen LogP contribution < -0.4 is 11.0 Å². The van der Waals surface area contributed by atoms with Crippen LogP contribution in [0.15, 0.2) is 59.4 Å². The van der Waals surface area contributed by atoms with Gasteiger partial charge in [0, 0.05) is 11.5 Å². The van der Waals surface area contributed by atoms with Crippen LogP contribution in [0.25, 0.3) is 22.3 Å². The highest BCUT2D eigenvalue weighted by Gasteiger charge is 2.43. The Balaban J connectivity index is 1.60. The Labute approximate surface area is 157 Å². The van der Waals surface area contributed by atoms with Crippen molar-refractivity contribution in [1.29, 1.82) is 0 Å². The Hall–Kier alpha value is -2.95. The van der Waals surface area contributed by atoms with Gasteiger partial charge in [0.05, 0.1) is 10.9 Å². The molecule has 2 saturated carbocycles. The normalized spacial score (nSPS) is 23.6. The summed E-state index contributed by atoms with van der Waals surface area (Å²) in [5.74, 6) is 1.55. The molecule has 136 valence electrons. The molecule has 2 aliphatic carbocycles. The van der Waals surface area contributed by atoms with Crippen LogP contribution in [0.4, 0.5) is 0 Å². The topological polar surface area (TPSA) is 64.0 Å². The Morgan fingerprint density at radius 2 is 1.78 bits per heavy atom. The second-order valence-electron chi connectivity index (χ2n) is 7.72. The van der Waals surface area contributed by atoms with Crippen molar-refractivity contribution in [2.45, 2.75) is 25.7 Å². The molecule has 5 nitrogen and oxygen atoms in total. The summed E-state index contributed by atoms with van der Waals surface area (Å²) in [6.07, 6.45) is 4.45. The van der Waals surface area contributed by atoms with Gasteiger partial charge in [0.15, 0.2) is 5.82 Å². The number of hydrogen-bond acceptors (Lipinski definition) is 3. The molecule has 3 aromatic rings. The van der Waals surface area contributed by atoms with Gasteiger partial charge in [-0.25, -0.2) is 4.98 Å². The van der Waals surface area contributed by atoms with Crippen LogP contribution in [-0.4, -0.2) is 15.6 Å². The molecule has 0 unspecified atom stereocenters. The molecule has 27 heavy (non-hydrogen) atoms. The van der Waals surface area contributed by atoms with E-state index < -0.39 is 0 Å². The standard InChI is InChI=1S/C22H21N3O2/c26-21(18-13-14-10-11-16(18)12-14)24-25-20(15-6-2-1-3-7-15)23-19-9-5-4-8-17(19)22(25)27/h1-9,14,16,18H,10-13H2,(H,24,26)/t14-,16+,18-/m1/s1. The SMILES string of the molecule is O=C(Nn1c(-c2ccccc2)nc2ccccc2c1=O)[C@@H]1C[C@@H]2CC[C@H]1C2.